The molecule has 3 aromatic carbocycles. The molecule has 0 spiro atoms. The molecule has 0 saturated heterocycles. The first-order chi connectivity index (χ1) is 20.5. The van der Waals surface area contributed by atoms with Crippen molar-refractivity contribution in [2.75, 3.05) is 18.1 Å². The lowest BCUT2D eigenvalue weighted by atomic mass is 9.92. The summed E-state index contributed by atoms with van der Waals surface area (Å²) in [5, 5.41) is 11.7. The average Bonchev–Trinajstić information content (AvgIpc) is 2.99. The second kappa shape index (κ2) is 16.4. The number of rotatable bonds is 17. The van der Waals surface area contributed by atoms with E-state index in [9.17, 15) is 32.7 Å². The third-order valence-electron chi connectivity index (χ3n) is 6.92. The first-order valence-electron chi connectivity index (χ1n) is 14.1. The quantitative estimate of drug-likeness (QED) is 0.222. The zero-order valence-electron chi connectivity index (χ0n) is 24.1. The Morgan fingerprint density at radius 3 is 1.77 bits per heavy atom. The van der Waals surface area contributed by atoms with Gasteiger partial charge in [0.25, 0.3) is 0 Å². The molecular weight excluding hydrogens is 570 g/mol. The number of aliphatic carboxylic acids is 1. The number of ether oxygens (including phenoxy) is 1. The van der Waals surface area contributed by atoms with Gasteiger partial charge in [-0.3, -0.25) is 19.2 Å². The molecule has 0 fully saturated rings. The molecule has 2 unspecified atom stereocenters. The van der Waals surface area contributed by atoms with Gasteiger partial charge < -0.3 is 15.2 Å². The van der Waals surface area contributed by atoms with Crippen LogP contribution in [-0.4, -0.2) is 61.3 Å². The normalized spacial score (nSPS) is 12.7. The minimum Gasteiger partial charge on any atom is -0.481 e. The van der Waals surface area contributed by atoms with E-state index in [-0.39, 0.29) is 5.75 Å². The highest BCUT2D eigenvalue weighted by atomic mass is 32.2. The molecule has 43 heavy (non-hydrogen) atoms. The van der Waals surface area contributed by atoms with Gasteiger partial charge in [0.05, 0.1) is 23.8 Å². The third-order valence-corrected chi connectivity index (χ3v) is 8.75. The van der Waals surface area contributed by atoms with E-state index in [1.165, 1.54) is 6.92 Å². The highest BCUT2D eigenvalue weighted by molar-refractivity contribution is 7.91. The lowest BCUT2D eigenvalue weighted by Gasteiger charge is -2.20. The van der Waals surface area contributed by atoms with Gasteiger partial charge in [0.15, 0.2) is 22.2 Å². The van der Waals surface area contributed by atoms with Gasteiger partial charge >= 0.3 is 11.9 Å². The van der Waals surface area contributed by atoms with Crippen molar-refractivity contribution in [1.29, 1.82) is 0 Å². The molecule has 3 rings (SSSR count). The van der Waals surface area contributed by atoms with Gasteiger partial charge in [0, 0.05) is 5.92 Å². The number of aryl methyl sites for hydroxylation is 1. The number of carboxylic acids is 1. The molecule has 228 valence electrons. The number of amides is 1. The molecular formula is C33H37NO8S. The van der Waals surface area contributed by atoms with Crippen molar-refractivity contribution in [3.05, 3.63) is 108 Å². The summed E-state index contributed by atoms with van der Waals surface area (Å²) in [5.41, 5.74) is 2.67. The zero-order valence-corrected chi connectivity index (χ0v) is 24.9. The van der Waals surface area contributed by atoms with E-state index in [0.29, 0.717) is 19.3 Å². The summed E-state index contributed by atoms with van der Waals surface area (Å²) in [6.07, 6.45) is 0.286. The molecule has 0 saturated carbocycles. The molecule has 0 bridgehead atoms. The second-order valence-electron chi connectivity index (χ2n) is 10.6. The van der Waals surface area contributed by atoms with Crippen LogP contribution in [-0.2, 0) is 53.0 Å². The van der Waals surface area contributed by atoms with Crippen LogP contribution in [0.25, 0.3) is 0 Å². The van der Waals surface area contributed by atoms with Crippen LogP contribution in [0.5, 0.6) is 0 Å². The van der Waals surface area contributed by atoms with Gasteiger partial charge in [-0.25, -0.2) is 8.42 Å². The standard InChI is InChI=1S/C33H37NO8S/c1-24(23-43(40,41)18-17-25-11-5-2-6-12-25)32(38)34-29(21-31(36)37)30(35)22-42-33(39)28(19-26-13-7-3-8-14-26)20-27-15-9-4-10-16-27/h2-16,24,28-29H,17-23H2,1H3,(H,34,38)(H,36,37). The summed E-state index contributed by atoms with van der Waals surface area (Å²) in [7, 11) is -3.62. The van der Waals surface area contributed by atoms with E-state index in [1.807, 2.05) is 91.0 Å². The number of hydrogen-bond acceptors (Lipinski definition) is 7. The first kappa shape index (κ1) is 33.2. The predicted molar refractivity (Wildman–Crippen MR) is 162 cm³/mol. The number of carbonyl (C=O) groups excluding carboxylic acids is 3. The van der Waals surface area contributed by atoms with Crippen LogP contribution >= 0.6 is 0 Å². The van der Waals surface area contributed by atoms with E-state index < -0.39 is 70.1 Å². The third kappa shape index (κ3) is 11.8. The number of carboxylic acid groups (broad SMARTS) is 1. The lowest BCUT2D eigenvalue weighted by Crippen LogP contribution is -2.47. The number of nitrogens with one attached hydrogen (secondary N) is 1. The summed E-state index contributed by atoms with van der Waals surface area (Å²) in [6, 6.07) is 26.3. The van der Waals surface area contributed by atoms with Crippen molar-refractivity contribution < 1.29 is 37.4 Å². The van der Waals surface area contributed by atoms with Gasteiger partial charge in [0.2, 0.25) is 5.91 Å². The van der Waals surface area contributed by atoms with Gasteiger partial charge in [-0.05, 0) is 36.0 Å². The number of hydrogen-bond donors (Lipinski definition) is 2. The maximum atomic E-state index is 13.1. The number of benzene rings is 3. The largest absolute Gasteiger partial charge is 0.481 e. The van der Waals surface area contributed by atoms with Crippen LogP contribution < -0.4 is 5.32 Å². The Bertz CT molecular complexity index is 1420. The summed E-state index contributed by atoms with van der Waals surface area (Å²) >= 11 is 0. The Labute approximate surface area is 252 Å². The summed E-state index contributed by atoms with van der Waals surface area (Å²) < 4.78 is 30.6. The molecule has 0 radical (unpaired) electrons. The van der Waals surface area contributed by atoms with Crippen LogP contribution in [0.3, 0.4) is 0 Å². The summed E-state index contributed by atoms with van der Waals surface area (Å²) in [6.45, 7) is 0.663. The van der Waals surface area contributed by atoms with Crippen LogP contribution in [0.15, 0.2) is 91.0 Å². The van der Waals surface area contributed by atoms with Crippen molar-refractivity contribution in [3.63, 3.8) is 0 Å². The minimum absolute atomic E-state index is 0.158. The Morgan fingerprint density at radius 2 is 1.28 bits per heavy atom. The van der Waals surface area contributed by atoms with E-state index in [4.69, 9.17) is 4.74 Å². The molecule has 0 aliphatic carbocycles. The predicted octanol–water partition coefficient (Wildman–Crippen LogP) is 3.45. The zero-order chi connectivity index (χ0) is 31.2. The van der Waals surface area contributed by atoms with E-state index >= 15 is 0 Å². The van der Waals surface area contributed by atoms with E-state index in [2.05, 4.69) is 5.32 Å². The van der Waals surface area contributed by atoms with Gasteiger partial charge in [-0.15, -0.1) is 0 Å². The van der Waals surface area contributed by atoms with Crippen molar-refractivity contribution in [2.24, 2.45) is 11.8 Å². The van der Waals surface area contributed by atoms with Gasteiger partial charge in [-0.1, -0.05) is 97.9 Å². The monoisotopic (exact) mass is 607 g/mol. The van der Waals surface area contributed by atoms with E-state index in [0.717, 1.165) is 16.7 Å². The van der Waals surface area contributed by atoms with Gasteiger partial charge in [0.1, 0.15) is 6.04 Å². The number of sulfone groups is 1. The second-order valence-corrected chi connectivity index (χ2v) is 12.8. The Hall–Kier alpha value is -4.31. The highest BCUT2D eigenvalue weighted by Crippen LogP contribution is 2.17. The topological polar surface area (TPSA) is 144 Å². The summed E-state index contributed by atoms with van der Waals surface area (Å²) in [4.78, 5) is 50.3. The Kier molecular flexibility index (Phi) is 12.6. The average molecular weight is 608 g/mol. The number of ketones is 1. The number of carbonyl (C=O) groups is 4. The van der Waals surface area contributed by atoms with Crippen LogP contribution in [0, 0.1) is 11.8 Å². The lowest BCUT2D eigenvalue weighted by molar-refractivity contribution is -0.153. The fraction of sp³-hybridized carbons (Fsp3) is 0.333. The molecule has 3 aromatic rings. The van der Waals surface area contributed by atoms with Crippen molar-refractivity contribution in [1.82, 2.24) is 5.32 Å². The first-order valence-corrected chi connectivity index (χ1v) is 15.9. The van der Waals surface area contributed by atoms with E-state index in [1.54, 1.807) is 0 Å². The SMILES string of the molecule is CC(CS(=O)(=O)CCc1ccccc1)C(=O)NC(CC(=O)O)C(=O)COC(=O)C(Cc1ccccc1)Cc1ccccc1. The van der Waals surface area contributed by atoms with Crippen molar-refractivity contribution in [2.45, 2.75) is 38.6 Å². The van der Waals surface area contributed by atoms with Crippen LogP contribution in [0.2, 0.25) is 0 Å². The van der Waals surface area contributed by atoms with Gasteiger partial charge in [-0.2, -0.15) is 0 Å². The Morgan fingerprint density at radius 1 is 0.791 bits per heavy atom. The maximum absolute atomic E-state index is 13.1. The molecule has 0 aromatic heterocycles. The molecule has 2 N–H and O–H groups in total. The van der Waals surface area contributed by atoms with Crippen LogP contribution in [0.4, 0.5) is 0 Å². The number of esters is 1. The highest BCUT2D eigenvalue weighted by Gasteiger charge is 2.30. The molecule has 9 nitrogen and oxygen atoms in total. The minimum atomic E-state index is -3.62. The Balaban J connectivity index is 1.60. The summed E-state index contributed by atoms with van der Waals surface area (Å²) in [5.74, 6) is -5.82. The molecule has 1 amide bonds. The fourth-order valence-electron chi connectivity index (χ4n) is 4.59. The molecule has 10 heteroatoms. The fourth-order valence-corrected chi connectivity index (χ4v) is 6.22. The van der Waals surface area contributed by atoms with Crippen molar-refractivity contribution >= 4 is 33.5 Å². The molecule has 2 atom stereocenters. The van der Waals surface area contributed by atoms with Crippen molar-refractivity contribution in [3.8, 4) is 0 Å². The molecule has 0 aliphatic rings. The molecule has 0 aliphatic heterocycles. The number of Topliss-reactive ketones (excluding diaryl/α,β-unsaturated/α-hetero) is 1. The smallest absolute Gasteiger partial charge is 0.310 e. The maximum Gasteiger partial charge on any atom is 0.310 e. The van der Waals surface area contributed by atoms with Crippen LogP contribution in [0.1, 0.15) is 30.0 Å². The molecule has 0 heterocycles.